The number of carbonyl (C=O) groups is 1. The van der Waals surface area contributed by atoms with E-state index in [0.717, 1.165) is 18.5 Å². The summed E-state index contributed by atoms with van der Waals surface area (Å²) < 4.78 is 7.95. The van der Waals surface area contributed by atoms with Gasteiger partial charge >= 0.3 is 0 Å². The third kappa shape index (κ3) is 12.8. The van der Waals surface area contributed by atoms with Gasteiger partial charge in [-0.3, -0.25) is 4.79 Å². The van der Waals surface area contributed by atoms with Gasteiger partial charge in [-0.15, -0.1) is 0 Å². The summed E-state index contributed by atoms with van der Waals surface area (Å²) in [5.41, 5.74) is 1.61. The van der Waals surface area contributed by atoms with Crippen molar-refractivity contribution in [3.63, 3.8) is 0 Å². The van der Waals surface area contributed by atoms with E-state index in [1.807, 2.05) is 24.5 Å². The number of rotatable bonds is 20. The molecule has 2 rings (SSSR count). The second kappa shape index (κ2) is 19.1. The van der Waals surface area contributed by atoms with Crippen molar-refractivity contribution < 1.29 is 14.1 Å². The van der Waals surface area contributed by atoms with E-state index >= 15 is 0 Å². The number of carbonyl (C=O) groups excluding carboxylic acids is 1. The zero-order valence-corrected chi connectivity index (χ0v) is 23.5. The molecule has 0 radical (unpaired) electrons. The SMILES string of the molecule is CCCCCCCCCCCCCCCCOc1ccc(C(=O)NCc2ccc[n+](CC)c2)cc1Cl. The molecule has 0 bridgehead atoms. The number of nitrogens with zero attached hydrogens (tertiary/aromatic N) is 1. The highest BCUT2D eigenvalue weighted by atomic mass is 35.5. The molecule has 1 N–H and O–H groups in total. The smallest absolute Gasteiger partial charge is 0.251 e. The molecule has 0 aliphatic heterocycles. The molecule has 4 nitrogen and oxygen atoms in total. The Hall–Kier alpha value is -2.07. The summed E-state index contributed by atoms with van der Waals surface area (Å²) in [6.07, 6.45) is 22.8. The Morgan fingerprint density at radius 3 is 2.06 bits per heavy atom. The Bertz CT molecular complexity index is 871. The number of pyridine rings is 1. The predicted molar refractivity (Wildman–Crippen MR) is 151 cm³/mol. The van der Waals surface area contributed by atoms with Crippen molar-refractivity contribution in [3.8, 4) is 5.75 Å². The Balaban J connectivity index is 1.52. The number of hydrogen-bond donors (Lipinski definition) is 1. The Kier molecular flexibility index (Phi) is 16.0. The van der Waals surface area contributed by atoms with Crippen molar-refractivity contribution in [3.05, 3.63) is 58.9 Å². The number of nitrogens with one attached hydrogen (secondary N) is 1. The van der Waals surface area contributed by atoms with Crippen molar-refractivity contribution in [2.45, 2.75) is 117 Å². The number of hydrogen-bond acceptors (Lipinski definition) is 2. The highest BCUT2D eigenvalue weighted by molar-refractivity contribution is 6.32. The average molecular weight is 516 g/mol. The van der Waals surface area contributed by atoms with E-state index < -0.39 is 0 Å². The second-order valence-electron chi connectivity index (χ2n) is 9.82. The van der Waals surface area contributed by atoms with Crippen LogP contribution in [0.4, 0.5) is 0 Å². The van der Waals surface area contributed by atoms with Gasteiger partial charge in [-0.2, -0.15) is 0 Å². The van der Waals surface area contributed by atoms with Crippen molar-refractivity contribution in [2.75, 3.05) is 6.61 Å². The molecule has 200 valence electrons. The molecule has 1 aromatic heterocycles. The predicted octanol–water partition coefficient (Wildman–Crippen LogP) is 8.44. The zero-order valence-electron chi connectivity index (χ0n) is 22.7. The van der Waals surface area contributed by atoms with Crippen LogP contribution in [0.25, 0.3) is 0 Å². The maximum atomic E-state index is 12.5. The van der Waals surface area contributed by atoms with E-state index in [9.17, 15) is 4.79 Å². The molecule has 2 aromatic rings. The number of aromatic nitrogens is 1. The van der Waals surface area contributed by atoms with Gasteiger partial charge in [0, 0.05) is 23.7 Å². The lowest BCUT2D eigenvalue weighted by Crippen LogP contribution is -2.32. The summed E-state index contributed by atoms with van der Waals surface area (Å²) in [6, 6.07) is 9.27. The van der Waals surface area contributed by atoms with Gasteiger partial charge in [0.1, 0.15) is 12.3 Å². The molecule has 1 aromatic carbocycles. The van der Waals surface area contributed by atoms with Crippen molar-refractivity contribution >= 4 is 17.5 Å². The average Bonchev–Trinajstić information content (AvgIpc) is 2.90. The molecule has 0 saturated heterocycles. The fraction of sp³-hybridized carbons (Fsp3) is 0.613. The Morgan fingerprint density at radius 1 is 0.861 bits per heavy atom. The monoisotopic (exact) mass is 515 g/mol. The van der Waals surface area contributed by atoms with Gasteiger partial charge < -0.3 is 10.1 Å². The summed E-state index contributed by atoms with van der Waals surface area (Å²) in [5, 5.41) is 3.44. The van der Waals surface area contributed by atoms with Crippen molar-refractivity contribution in [1.82, 2.24) is 5.32 Å². The molecule has 0 atom stereocenters. The van der Waals surface area contributed by atoms with Gasteiger partial charge in [-0.05, 0) is 37.6 Å². The third-order valence-electron chi connectivity index (χ3n) is 6.69. The van der Waals surface area contributed by atoms with E-state index in [0.29, 0.717) is 29.5 Å². The maximum Gasteiger partial charge on any atom is 0.251 e. The van der Waals surface area contributed by atoms with E-state index in [-0.39, 0.29) is 5.91 Å². The number of benzene rings is 1. The fourth-order valence-electron chi connectivity index (χ4n) is 4.40. The number of halogens is 1. The standard InChI is InChI=1S/C31H47ClN2O2/c1-3-5-6-7-8-9-10-11-12-13-14-15-16-17-23-36-30-21-20-28(24-29(30)32)31(35)33-25-27-19-18-22-34(4-2)26-27/h18-22,24,26H,3-17,23,25H2,1-2H3/p+1. The second-order valence-corrected chi connectivity index (χ2v) is 10.2. The number of amides is 1. The first-order chi connectivity index (χ1) is 17.6. The first kappa shape index (κ1) is 30.2. The lowest BCUT2D eigenvalue weighted by atomic mass is 10.0. The first-order valence-corrected chi connectivity index (χ1v) is 14.7. The van der Waals surface area contributed by atoms with Crippen LogP contribution >= 0.6 is 11.6 Å². The van der Waals surface area contributed by atoms with Crippen LogP contribution in [-0.4, -0.2) is 12.5 Å². The number of unbranched alkanes of at least 4 members (excludes halogenated alkanes) is 13. The lowest BCUT2D eigenvalue weighted by Gasteiger charge is -2.10. The molecule has 0 aliphatic carbocycles. The van der Waals surface area contributed by atoms with Crippen LogP contribution in [0.1, 0.15) is 120 Å². The summed E-state index contributed by atoms with van der Waals surface area (Å²) in [4.78, 5) is 12.5. The fourth-order valence-corrected chi connectivity index (χ4v) is 4.63. The largest absolute Gasteiger partial charge is 0.492 e. The lowest BCUT2D eigenvalue weighted by molar-refractivity contribution is -0.694. The molecule has 1 amide bonds. The van der Waals surface area contributed by atoms with E-state index in [1.165, 1.54) is 83.5 Å². The maximum absolute atomic E-state index is 12.5. The van der Waals surface area contributed by atoms with Crippen LogP contribution in [-0.2, 0) is 13.1 Å². The quantitative estimate of drug-likeness (QED) is 0.142. The van der Waals surface area contributed by atoms with E-state index in [4.69, 9.17) is 16.3 Å². The van der Waals surface area contributed by atoms with Gasteiger partial charge in [0.15, 0.2) is 12.4 Å². The van der Waals surface area contributed by atoms with Crippen LogP contribution in [0, 0.1) is 0 Å². The number of ether oxygens (including phenoxy) is 1. The topological polar surface area (TPSA) is 42.2 Å². The van der Waals surface area contributed by atoms with Gasteiger partial charge in [-0.1, -0.05) is 102 Å². The molecular weight excluding hydrogens is 468 g/mol. The van der Waals surface area contributed by atoms with Crippen molar-refractivity contribution in [1.29, 1.82) is 0 Å². The summed E-state index contributed by atoms with van der Waals surface area (Å²) in [7, 11) is 0. The van der Waals surface area contributed by atoms with Crippen molar-refractivity contribution in [2.24, 2.45) is 0 Å². The van der Waals surface area contributed by atoms with Crippen LogP contribution in [0.5, 0.6) is 5.75 Å². The molecule has 0 unspecified atom stereocenters. The molecule has 0 aliphatic rings. The Labute approximate surface area is 224 Å². The van der Waals surface area contributed by atoms with Gasteiger partial charge in [0.25, 0.3) is 5.91 Å². The molecule has 36 heavy (non-hydrogen) atoms. The minimum absolute atomic E-state index is 0.137. The van der Waals surface area contributed by atoms with Crippen LogP contribution in [0.15, 0.2) is 42.7 Å². The number of aryl methyl sites for hydroxylation is 1. The van der Waals surface area contributed by atoms with E-state index in [1.54, 1.807) is 18.2 Å². The van der Waals surface area contributed by atoms with Crippen LogP contribution in [0.3, 0.4) is 0 Å². The van der Waals surface area contributed by atoms with Gasteiger partial charge in [0.2, 0.25) is 0 Å². The summed E-state index contributed by atoms with van der Waals surface area (Å²) >= 11 is 6.39. The molecule has 5 heteroatoms. The molecule has 0 fully saturated rings. The first-order valence-electron chi connectivity index (χ1n) is 14.3. The third-order valence-corrected chi connectivity index (χ3v) is 6.98. The minimum atomic E-state index is -0.137. The zero-order chi connectivity index (χ0) is 25.8. The summed E-state index contributed by atoms with van der Waals surface area (Å²) in [6.45, 7) is 6.41. The molecule has 1 heterocycles. The minimum Gasteiger partial charge on any atom is -0.492 e. The molecular formula is C31H48ClN2O2+. The normalized spacial score (nSPS) is 11.0. The molecule has 0 saturated carbocycles. The Morgan fingerprint density at radius 2 is 1.47 bits per heavy atom. The highest BCUT2D eigenvalue weighted by Crippen LogP contribution is 2.26. The summed E-state index contributed by atoms with van der Waals surface area (Å²) in [5.74, 6) is 0.511. The van der Waals surface area contributed by atoms with Gasteiger partial charge in [0.05, 0.1) is 11.6 Å². The van der Waals surface area contributed by atoms with Gasteiger partial charge in [-0.25, -0.2) is 4.57 Å². The van der Waals surface area contributed by atoms with Crippen LogP contribution < -0.4 is 14.6 Å². The van der Waals surface area contributed by atoms with E-state index in [2.05, 4.69) is 23.7 Å². The van der Waals surface area contributed by atoms with Crippen LogP contribution in [0.2, 0.25) is 5.02 Å². The molecule has 0 spiro atoms. The highest BCUT2D eigenvalue weighted by Gasteiger charge is 2.10.